The lowest BCUT2D eigenvalue weighted by Crippen LogP contribution is -2.05. The van der Waals surface area contributed by atoms with Crippen LogP contribution in [0.1, 0.15) is 5.56 Å². The maximum Gasteiger partial charge on any atom is 0.182 e. The molecular formula is C13H11BrFNO2S. The number of anilines is 1. The minimum Gasteiger partial charge on any atom is -0.399 e. The van der Waals surface area contributed by atoms with Gasteiger partial charge in [-0.3, -0.25) is 0 Å². The van der Waals surface area contributed by atoms with Crippen molar-refractivity contribution in [3.63, 3.8) is 0 Å². The Morgan fingerprint density at radius 3 is 2.32 bits per heavy atom. The third kappa shape index (κ3) is 3.33. The van der Waals surface area contributed by atoms with E-state index in [-0.39, 0.29) is 10.6 Å². The molecule has 0 atom stereocenters. The van der Waals surface area contributed by atoms with Crippen molar-refractivity contribution in [1.82, 2.24) is 0 Å². The van der Waals surface area contributed by atoms with Crippen LogP contribution in [0.4, 0.5) is 10.1 Å². The van der Waals surface area contributed by atoms with Gasteiger partial charge in [-0.15, -0.1) is 0 Å². The summed E-state index contributed by atoms with van der Waals surface area (Å²) < 4.78 is 37.8. The average Bonchev–Trinajstić information content (AvgIpc) is 2.33. The molecule has 2 N–H and O–H groups in total. The summed E-state index contributed by atoms with van der Waals surface area (Å²) in [4.78, 5) is 0.0950. The number of nitrogen functional groups attached to an aromatic ring is 1. The first-order valence-electron chi connectivity index (χ1n) is 5.41. The van der Waals surface area contributed by atoms with Crippen molar-refractivity contribution in [1.29, 1.82) is 0 Å². The van der Waals surface area contributed by atoms with E-state index in [9.17, 15) is 12.8 Å². The van der Waals surface area contributed by atoms with Gasteiger partial charge in [-0.05, 0) is 42.0 Å². The molecule has 0 spiro atoms. The Balaban J connectivity index is 2.33. The second-order valence-corrected chi connectivity index (χ2v) is 6.91. The number of halogens is 2. The summed E-state index contributed by atoms with van der Waals surface area (Å²) in [6, 6.07) is 9.72. The van der Waals surface area contributed by atoms with E-state index in [4.69, 9.17) is 5.73 Å². The van der Waals surface area contributed by atoms with E-state index < -0.39 is 15.7 Å². The number of hydrogen-bond acceptors (Lipinski definition) is 3. The van der Waals surface area contributed by atoms with Crippen molar-refractivity contribution in [2.45, 2.75) is 10.6 Å². The SMILES string of the molecule is Nc1ccc(CS(=O)(=O)c2ccc(F)cc2)c(Br)c1. The lowest BCUT2D eigenvalue weighted by Gasteiger charge is -2.07. The van der Waals surface area contributed by atoms with Gasteiger partial charge in [-0.1, -0.05) is 22.0 Å². The van der Waals surface area contributed by atoms with Gasteiger partial charge in [0.15, 0.2) is 9.84 Å². The van der Waals surface area contributed by atoms with Crippen LogP contribution in [0.3, 0.4) is 0 Å². The Bertz CT molecular complexity index is 699. The summed E-state index contributed by atoms with van der Waals surface area (Å²) in [5.74, 6) is -0.632. The predicted molar refractivity (Wildman–Crippen MR) is 75.8 cm³/mol. The molecule has 19 heavy (non-hydrogen) atoms. The fourth-order valence-corrected chi connectivity index (χ4v) is 3.71. The molecule has 100 valence electrons. The summed E-state index contributed by atoms with van der Waals surface area (Å²) in [5.41, 5.74) is 6.76. The third-order valence-corrected chi connectivity index (χ3v) is 5.02. The first kappa shape index (κ1) is 14.0. The Morgan fingerprint density at radius 2 is 1.74 bits per heavy atom. The molecule has 0 aliphatic rings. The Kier molecular flexibility index (Phi) is 3.91. The van der Waals surface area contributed by atoms with E-state index in [1.807, 2.05) is 0 Å². The van der Waals surface area contributed by atoms with Crippen LogP contribution >= 0.6 is 15.9 Å². The molecule has 0 fully saturated rings. The number of nitrogens with two attached hydrogens (primary N) is 1. The van der Waals surface area contributed by atoms with Gasteiger partial charge in [0.1, 0.15) is 5.82 Å². The van der Waals surface area contributed by atoms with Crippen molar-refractivity contribution in [2.75, 3.05) is 5.73 Å². The molecule has 6 heteroatoms. The van der Waals surface area contributed by atoms with Gasteiger partial charge in [0.05, 0.1) is 10.6 Å². The molecule has 0 radical (unpaired) electrons. The molecule has 0 saturated heterocycles. The number of hydrogen-bond donors (Lipinski definition) is 1. The second kappa shape index (κ2) is 5.30. The number of rotatable bonds is 3. The first-order chi connectivity index (χ1) is 8.88. The topological polar surface area (TPSA) is 60.2 Å². The molecule has 0 bridgehead atoms. The highest BCUT2D eigenvalue weighted by atomic mass is 79.9. The smallest absolute Gasteiger partial charge is 0.182 e. The Labute approximate surface area is 119 Å². The van der Waals surface area contributed by atoms with E-state index in [2.05, 4.69) is 15.9 Å². The van der Waals surface area contributed by atoms with Gasteiger partial charge in [0, 0.05) is 10.2 Å². The zero-order valence-electron chi connectivity index (χ0n) is 9.81. The quantitative estimate of drug-likeness (QED) is 0.687. The zero-order valence-corrected chi connectivity index (χ0v) is 12.2. The van der Waals surface area contributed by atoms with E-state index in [1.165, 1.54) is 12.1 Å². The van der Waals surface area contributed by atoms with Crippen molar-refractivity contribution in [3.05, 3.63) is 58.3 Å². The van der Waals surface area contributed by atoms with E-state index >= 15 is 0 Å². The summed E-state index contributed by atoms with van der Waals surface area (Å²) in [7, 11) is -3.50. The molecule has 2 aromatic rings. The van der Waals surface area contributed by atoms with Crippen LogP contribution < -0.4 is 5.73 Å². The zero-order chi connectivity index (χ0) is 14.0. The van der Waals surface area contributed by atoms with Gasteiger partial charge in [0.2, 0.25) is 0 Å². The van der Waals surface area contributed by atoms with Gasteiger partial charge >= 0.3 is 0 Å². The second-order valence-electron chi connectivity index (χ2n) is 4.06. The summed E-state index contributed by atoms with van der Waals surface area (Å²) >= 11 is 3.28. The minimum atomic E-state index is -3.50. The highest BCUT2D eigenvalue weighted by molar-refractivity contribution is 9.10. The maximum absolute atomic E-state index is 12.8. The van der Waals surface area contributed by atoms with Crippen LogP contribution in [0.2, 0.25) is 0 Å². The molecule has 0 aliphatic heterocycles. The first-order valence-corrected chi connectivity index (χ1v) is 7.85. The molecular weight excluding hydrogens is 333 g/mol. The fourth-order valence-electron chi connectivity index (χ4n) is 1.61. The fraction of sp³-hybridized carbons (Fsp3) is 0.0769. The Hall–Kier alpha value is -1.40. The minimum absolute atomic E-state index is 0.0950. The third-order valence-electron chi connectivity index (χ3n) is 2.60. The average molecular weight is 344 g/mol. The summed E-state index contributed by atoms with van der Waals surface area (Å²) in [6.45, 7) is 0. The molecule has 0 aromatic heterocycles. The Morgan fingerprint density at radius 1 is 1.11 bits per heavy atom. The van der Waals surface area contributed by atoms with Gasteiger partial charge in [-0.2, -0.15) is 0 Å². The van der Waals surface area contributed by atoms with Crippen LogP contribution in [0.5, 0.6) is 0 Å². The number of benzene rings is 2. The molecule has 0 heterocycles. The van der Waals surface area contributed by atoms with Gasteiger partial charge in [0.25, 0.3) is 0 Å². The maximum atomic E-state index is 12.8. The van der Waals surface area contributed by atoms with Crippen LogP contribution in [0.15, 0.2) is 51.8 Å². The molecule has 2 rings (SSSR count). The molecule has 2 aromatic carbocycles. The lowest BCUT2D eigenvalue weighted by atomic mass is 10.2. The molecule has 0 amide bonds. The number of sulfone groups is 1. The largest absolute Gasteiger partial charge is 0.399 e. The predicted octanol–water partition coefficient (Wildman–Crippen LogP) is 3.14. The highest BCUT2D eigenvalue weighted by Gasteiger charge is 2.17. The van der Waals surface area contributed by atoms with Crippen molar-refractivity contribution in [2.24, 2.45) is 0 Å². The molecule has 0 aliphatic carbocycles. The summed E-state index contributed by atoms with van der Waals surface area (Å²) in [5, 5.41) is 0. The van der Waals surface area contributed by atoms with Crippen molar-refractivity contribution < 1.29 is 12.8 Å². The molecule has 3 nitrogen and oxygen atoms in total. The standard InChI is InChI=1S/C13H11BrFNO2S/c14-13-7-11(16)4-1-9(13)8-19(17,18)12-5-2-10(15)3-6-12/h1-7H,8,16H2. The highest BCUT2D eigenvalue weighted by Crippen LogP contribution is 2.24. The van der Waals surface area contributed by atoms with Crippen molar-refractivity contribution >= 4 is 31.5 Å². The lowest BCUT2D eigenvalue weighted by molar-refractivity contribution is 0.594. The molecule has 0 unspecified atom stereocenters. The van der Waals surface area contributed by atoms with Gasteiger partial charge in [-0.25, -0.2) is 12.8 Å². The van der Waals surface area contributed by atoms with E-state index in [0.717, 1.165) is 12.1 Å². The van der Waals surface area contributed by atoms with Crippen LogP contribution in [0.25, 0.3) is 0 Å². The summed E-state index contributed by atoms with van der Waals surface area (Å²) in [6.07, 6.45) is 0. The normalized spacial score (nSPS) is 11.5. The van der Waals surface area contributed by atoms with Gasteiger partial charge < -0.3 is 5.73 Å². The monoisotopic (exact) mass is 343 g/mol. The van der Waals surface area contributed by atoms with Crippen LogP contribution in [0, 0.1) is 5.82 Å². The molecule has 0 saturated carbocycles. The van der Waals surface area contributed by atoms with E-state index in [0.29, 0.717) is 15.7 Å². The van der Waals surface area contributed by atoms with E-state index in [1.54, 1.807) is 18.2 Å². The van der Waals surface area contributed by atoms with Crippen LogP contribution in [-0.4, -0.2) is 8.42 Å². The van der Waals surface area contributed by atoms with Crippen molar-refractivity contribution in [3.8, 4) is 0 Å². The van der Waals surface area contributed by atoms with Crippen LogP contribution in [-0.2, 0) is 15.6 Å².